The molecule has 0 atom stereocenters. The van der Waals surface area contributed by atoms with Crippen molar-refractivity contribution in [1.82, 2.24) is 16.2 Å². The van der Waals surface area contributed by atoms with Crippen molar-refractivity contribution in [2.24, 2.45) is 0 Å². The molecule has 0 aliphatic heterocycles. The summed E-state index contributed by atoms with van der Waals surface area (Å²) in [4.78, 5) is 0. The Morgan fingerprint density at radius 3 is 2.92 bits per heavy atom. The summed E-state index contributed by atoms with van der Waals surface area (Å²) >= 11 is 4.86. The maximum Gasteiger partial charge on any atom is 0.180 e. The molecule has 0 aromatic heterocycles. The van der Waals surface area contributed by atoms with Crippen LogP contribution in [0.5, 0.6) is 0 Å². The van der Waals surface area contributed by atoms with Gasteiger partial charge in [0.1, 0.15) is 6.73 Å². The van der Waals surface area contributed by atoms with Gasteiger partial charge in [-0.3, -0.25) is 5.43 Å². The number of thiocarbonyl (C=S) groups is 1. The molecule has 0 rings (SSSR count). The molecule has 0 fully saturated rings. The predicted octanol–water partition coefficient (Wildman–Crippen LogP) is -1.06. The van der Waals surface area contributed by atoms with Crippen molar-refractivity contribution >= 4 is 17.3 Å². The molecule has 6 heteroatoms. The minimum absolute atomic E-state index is 0.168. The third kappa shape index (κ3) is 7.67. The molecule has 0 radical (unpaired) electrons. The quantitative estimate of drug-likeness (QED) is 0.187. The summed E-state index contributed by atoms with van der Waals surface area (Å²) < 4.78 is 4.72. The Balaban J connectivity index is 3.10. The van der Waals surface area contributed by atoms with E-state index in [0.29, 0.717) is 24.8 Å². The van der Waals surface area contributed by atoms with Crippen molar-refractivity contribution < 1.29 is 9.84 Å². The Hall–Kier alpha value is -0.430. The van der Waals surface area contributed by atoms with Gasteiger partial charge >= 0.3 is 0 Å². The molecule has 4 N–H and O–H groups in total. The second-order valence-corrected chi connectivity index (χ2v) is 2.48. The molecule has 0 unspecified atom stereocenters. The molecule has 0 spiro atoms. The van der Waals surface area contributed by atoms with Gasteiger partial charge in [-0.05, 0) is 18.6 Å². The summed E-state index contributed by atoms with van der Waals surface area (Å²) in [5.74, 6) is 0. The number of hydrogen-bond donors (Lipinski definition) is 4. The van der Waals surface area contributed by atoms with Crippen LogP contribution in [0.2, 0.25) is 0 Å². The van der Waals surface area contributed by atoms with Crippen LogP contribution < -0.4 is 16.2 Å². The summed E-state index contributed by atoms with van der Waals surface area (Å²) in [5, 5.41) is 11.8. The van der Waals surface area contributed by atoms with Crippen LogP contribution in [0.1, 0.15) is 6.42 Å². The van der Waals surface area contributed by atoms with Gasteiger partial charge in [0.15, 0.2) is 5.11 Å². The van der Waals surface area contributed by atoms with Crippen LogP contribution in [0.25, 0.3) is 0 Å². The Bertz CT molecular complexity index is 111. The lowest BCUT2D eigenvalue weighted by Gasteiger charge is -2.09. The van der Waals surface area contributed by atoms with E-state index in [0.717, 1.165) is 0 Å². The molecule has 0 aromatic rings. The molecule has 0 aliphatic rings. The van der Waals surface area contributed by atoms with Crippen LogP contribution in [0.3, 0.4) is 0 Å². The van der Waals surface area contributed by atoms with E-state index in [9.17, 15) is 0 Å². The van der Waals surface area contributed by atoms with E-state index < -0.39 is 0 Å². The Labute approximate surface area is 77.5 Å². The SMILES string of the molecule is COCNNC(=S)NCCCO. The minimum Gasteiger partial charge on any atom is -0.396 e. The van der Waals surface area contributed by atoms with E-state index in [-0.39, 0.29) is 6.61 Å². The summed E-state index contributed by atoms with van der Waals surface area (Å²) in [6.45, 7) is 1.22. The molecule has 0 aliphatic carbocycles. The fourth-order valence-electron chi connectivity index (χ4n) is 0.514. The molecule has 5 nitrogen and oxygen atoms in total. The molecule has 0 bridgehead atoms. The van der Waals surface area contributed by atoms with Gasteiger partial charge in [0, 0.05) is 20.3 Å². The first kappa shape index (κ1) is 11.6. The number of methoxy groups -OCH3 is 1. The topological polar surface area (TPSA) is 65.5 Å². The van der Waals surface area contributed by atoms with Gasteiger partial charge in [-0.2, -0.15) is 0 Å². The van der Waals surface area contributed by atoms with Gasteiger partial charge in [0.2, 0.25) is 0 Å². The zero-order valence-corrected chi connectivity index (χ0v) is 7.91. The van der Waals surface area contributed by atoms with Gasteiger partial charge in [-0.1, -0.05) is 0 Å². The first-order valence-electron chi connectivity index (χ1n) is 3.67. The number of ether oxygens (including phenoxy) is 1. The van der Waals surface area contributed by atoms with E-state index >= 15 is 0 Å². The zero-order chi connectivity index (χ0) is 9.23. The molecule has 0 aromatic carbocycles. The van der Waals surface area contributed by atoms with Crippen molar-refractivity contribution in [3.8, 4) is 0 Å². The maximum absolute atomic E-state index is 8.45. The summed E-state index contributed by atoms with van der Waals surface area (Å²) in [5.41, 5.74) is 5.43. The molecule has 0 saturated heterocycles. The third-order valence-corrected chi connectivity index (χ3v) is 1.29. The van der Waals surface area contributed by atoms with Gasteiger partial charge in [0.05, 0.1) is 0 Å². The fraction of sp³-hybridized carbons (Fsp3) is 0.833. The highest BCUT2D eigenvalue weighted by molar-refractivity contribution is 7.80. The lowest BCUT2D eigenvalue weighted by molar-refractivity contribution is 0.169. The largest absolute Gasteiger partial charge is 0.396 e. The van der Waals surface area contributed by atoms with E-state index in [1.165, 1.54) is 0 Å². The Morgan fingerprint density at radius 1 is 1.58 bits per heavy atom. The third-order valence-electron chi connectivity index (χ3n) is 1.04. The van der Waals surface area contributed by atoms with Crippen LogP contribution in [0.4, 0.5) is 0 Å². The molecule has 0 amide bonds. The van der Waals surface area contributed by atoms with Crippen LogP contribution in [-0.2, 0) is 4.74 Å². The lowest BCUT2D eigenvalue weighted by atomic mass is 10.5. The normalized spacial score (nSPS) is 9.50. The lowest BCUT2D eigenvalue weighted by Crippen LogP contribution is -2.44. The second-order valence-electron chi connectivity index (χ2n) is 2.07. The molecule has 0 heterocycles. The van der Waals surface area contributed by atoms with Crippen molar-refractivity contribution in [3.05, 3.63) is 0 Å². The summed E-state index contributed by atoms with van der Waals surface area (Å²) in [6.07, 6.45) is 0.687. The van der Waals surface area contributed by atoms with Crippen molar-refractivity contribution in [2.75, 3.05) is 27.0 Å². The summed E-state index contributed by atoms with van der Waals surface area (Å²) in [6, 6.07) is 0. The number of nitrogens with one attached hydrogen (secondary N) is 3. The van der Waals surface area contributed by atoms with Gasteiger partial charge in [-0.25, -0.2) is 5.43 Å². The number of aliphatic hydroxyl groups is 1. The molecule has 0 saturated carbocycles. The highest BCUT2D eigenvalue weighted by Crippen LogP contribution is 1.71. The number of hydrazine groups is 1. The highest BCUT2D eigenvalue weighted by Gasteiger charge is 1.91. The van der Waals surface area contributed by atoms with Gasteiger partial charge in [-0.15, -0.1) is 0 Å². The first-order chi connectivity index (χ1) is 5.81. The predicted molar refractivity (Wildman–Crippen MR) is 50.5 cm³/mol. The van der Waals surface area contributed by atoms with Crippen LogP contribution in [-0.4, -0.2) is 37.2 Å². The van der Waals surface area contributed by atoms with E-state index in [4.69, 9.17) is 22.1 Å². The number of rotatable bonds is 6. The Morgan fingerprint density at radius 2 is 2.33 bits per heavy atom. The van der Waals surface area contributed by atoms with E-state index in [1.807, 2.05) is 0 Å². The monoisotopic (exact) mass is 193 g/mol. The Kier molecular flexibility index (Phi) is 8.35. The van der Waals surface area contributed by atoms with Crippen LogP contribution >= 0.6 is 12.2 Å². The second kappa shape index (κ2) is 8.66. The summed E-state index contributed by atoms with van der Waals surface area (Å²) in [7, 11) is 1.58. The highest BCUT2D eigenvalue weighted by atomic mass is 32.1. The van der Waals surface area contributed by atoms with E-state index in [1.54, 1.807) is 7.11 Å². The van der Waals surface area contributed by atoms with Crippen molar-refractivity contribution in [3.63, 3.8) is 0 Å². The standard InChI is InChI=1S/C6H15N3O2S/c1-11-5-8-9-6(12)7-3-2-4-10/h8,10H,2-5H2,1H3,(H2,7,9,12). The van der Waals surface area contributed by atoms with Gasteiger partial charge in [0.25, 0.3) is 0 Å². The zero-order valence-electron chi connectivity index (χ0n) is 7.09. The van der Waals surface area contributed by atoms with Crippen LogP contribution in [0.15, 0.2) is 0 Å². The number of aliphatic hydroxyl groups excluding tert-OH is 1. The van der Waals surface area contributed by atoms with Gasteiger partial charge < -0.3 is 15.2 Å². The maximum atomic E-state index is 8.45. The molecule has 72 valence electrons. The smallest absolute Gasteiger partial charge is 0.180 e. The first-order valence-corrected chi connectivity index (χ1v) is 4.08. The molecular weight excluding hydrogens is 178 g/mol. The average Bonchev–Trinajstić information content (AvgIpc) is 2.06. The van der Waals surface area contributed by atoms with E-state index in [2.05, 4.69) is 16.2 Å². The number of hydrogen-bond acceptors (Lipinski definition) is 4. The minimum atomic E-state index is 0.168. The van der Waals surface area contributed by atoms with Crippen molar-refractivity contribution in [1.29, 1.82) is 0 Å². The molecule has 12 heavy (non-hydrogen) atoms. The molecular formula is C6H15N3O2S. The van der Waals surface area contributed by atoms with Crippen LogP contribution in [0, 0.1) is 0 Å². The average molecular weight is 193 g/mol. The van der Waals surface area contributed by atoms with Crippen molar-refractivity contribution in [2.45, 2.75) is 6.42 Å². The fourth-order valence-corrected chi connectivity index (χ4v) is 0.688.